The molecule has 1 aliphatic heterocycles. The van der Waals surface area contributed by atoms with Crippen LogP contribution in [0.3, 0.4) is 0 Å². The van der Waals surface area contributed by atoms with Gasteiger partial charge >= 0.3 is 0 Å². The van der Waals surface area contributed by atoms with Crippen LogP contribution < -0.4 is 15.5 Å². The van der Waals surface area contributed by atoms with Gasteiger partial charge in [0.2, 0.25) is 10.0 Å². The average Bonchev–Trinajstić information content (AvgIpc) is 3.25. The number of anilines is 3. The second-order valence-electron chi connectivity index (χ2n) is 7.05. The standard InChI is InChI=1S/C21H27ClN4O2S2/c1-3-26(4-2)30(27,28)18-11-12-20(25-13-5-6-14-25)19(15-18)24-21(29)23-17-9-7-16(22)8-10-17/h7-12,15H,3-6,13-14H2,1-2H3,(H2,23,24,29). The van der Waals surface area contributed by atoms with Crippen molar-refractivity contribution in [1.82, 2.24) is 4.31 Å². The summed E-state index contributed by atoms with van der Waals surface area (Å²) in [6.07, 6.45) is 2.23. The van der Waals surface area contributed by atoms with Crippen molar-refractivity contribution < 1.29 is 8.42 Å². The van der Waals surface area contributed by atoms with Crippen LogP contribution in [0.2, 0.25) is 5.02 Å². The normalized spacial score (nSPS) is 14.2. The first-order valence-corrected chi connectivity index (χ1v) is 12.3. The molecule has 1 saturated heterocycles. The number of hydrogen-bond acceptors (Lipinski definition) is 4. The maximum absolute atomic E-state index is 13.0. The summed E-state index contributed by atoms with van der Waals surface area (Å²) in [6.45, 7) is 6.40. The van der Waals surface area contributed by atoms with Crippen LogP contribution >= 0.6 is 23.8 Å². The molecule has 0 atom stereocenters. The van der Waals surface area contributed by atoms with Gasteiger partial charge in [-0.3, -0.25) is 0 Å². The van der Waals surface area contributed by atoms with Crippen LogP contribution in [0, 0.1) is 0 Å². The summed E-state index contributed by atoms with van der Waals surface area (Å²) in [5.41, 5.74) is 2.43. The number of hydrogen-bond donors (Lipinski definition) is 2. The molecule has 162 valence electrons. The van der Waals surface area contributed by atoms with Crippen molar-refractivity contribution in [1.29, 1.82) is 0 Å². The van der Waals surface area contributed by atoms with E-state index >= 15 is 0 Å². The zero-order valence-electron chi connectivity index (χ0n) is 17.2. The van der Waals surface area contributed by atoms with Gasteiger partial charge in [0.25, 0.3) is 0 Å². The molecule has 0 unspecified atom stereocenters. The van der Waals surface area contributed by atoms with Gasteiger partial charge < -0.3 is 15.5 Å². The van der Waals surface area contributed by atoms with Crippen LogP contribution in [0.15, 0.2) is 47.4 Å². The van der Waals surface area contributed by atoms with Crippen molar-refractivity contribution in [3.63, 3.8) is 0 Å². The zero-order valence-corrected chi connectivity index (χ0v) is 19.6. The minimum Gasteiger partial charge on any atom is -0.370 e. The fourth-order valence-corrected chi connectivity index (χ4v) is 5.38. The summed E-state index contributed by atoms with van der Waals surface area (Å²) in [7, 11) is -3.57. The van der Waals surface area contributed by atoms with Gasteiger partial charge in [0.1, 0.15) is 0 Å². The summed E-state index contributed by atoms with van der Waals surface area (Å²) < 4.78 is 27.5. The van der Waals surface area contributed by atoms with Crippen molar-refractivity contribution >= 4 is 56.0 Å². The second kappa shape index (κ2) is 9.96. The Morgan fingerprint density at radius 3 is 2.30 bits per heavy atom. The van der Waals surface area contributed by atoms with Crippen LogP contribution in [-0.4, -0.2) is 44.0 Å². The highest BCUT2D eigenvalue weighted by atomic mass is 35.5. The molecule has 1 fully saturated rings. The Kier molecular flexibility index (Phi) is 7.57. The predicted molar refractivity (Wildman–Crippen MR) is 129 cm³/mol. The first-order valence-electron chi connectivity index (χ1n) is 10.1. The topological polar surface area (TPSA) is 64.7 Å². The van der Waals surface area contributed by atoms with E-state index in [4.69, 9.17) is 23.8 Å². The van der Waals surface area contributed by atoms with E-state index in [1.807, 2.05) is 32.0 Å². The van der Waals surface area contributed by atoms with E-state index in [1.165, 1.54) is 4.31 Å². The highest BCUT2D eigenvalue weighted by molar-refractivity contribution is 7.89. The number of sulfonamides is 1. The lowest BCUT2D eigenvalue weighted by atomic mass is 10.2. The molecule has 0 radical (unpaired) electrons. The highest BCUT2D eigenvalue weighted by Crippen LogP contribution is 2.32. The average molecular weight is 467 g/mol. The Balaban J connectivity index is 1.90. The fourth-order valence-electron chi connectivity index (χ4n) is 3.54. The summed E-state index contributed by atoms with van der Waals surface area (Å²) in [5.74, 6) is 0. The Morgan fingerprint density at radius 1 is 1.07 bits per heavy atom. The van der Waals surface area contributed by atoms with E-state index in [1.54, 1.807) is 24.3 Å². The van der Waals surface area contributed by atoms with Gasteiger partial charge in [0.15, 0.2) is 5.11 Å². The van der Waals surface area contributed by atoms with Crippen molar-refractivity contribution in [2.45, 2.75) is 31.6 Å². The number of thiocarbonyl (C=S) groups is 1. The largest absolute Gasteiger partial charge is 0.370 e. The SMILES string of the molecule is CCN(CC)S(=O)(=O)c1ccc(N2CCCC2)c(NC(=S)Nc2ccc(Cl)cc2)c1. The van der Waals surface area contributed by atoms with Crippen molar-refractivity contribution in [2.75, 3.05) is 41.7 Å². The first kappa shape index (κ1) is 22.8. The van der Waals surface area contributed by atoms with Crippen molar-refractivity contribution in [2.24, 2.45) is 0 Å². The molecular weight excluding hydrogens is 440 g/mol. The maximum Gasteiger partial charge on any atom is 0.243 e. The lowest BCUT2D eigenvalue weighted by Gasteiger charge is -2.24. The lowest BCUT2D eigenvalue weighted by Crippen LogP contribution is -2.31. The number of rotatable bonds is 7. The van der Waals surface area contributed by atoms with Crippen LogP contribution in [0.4, 0.5) is 17.1 Å². The molecule has 6 nitrogen and oxygen atoms in total. The Morgan fingerprint density at radius 2 is 1.70 bits per heavy atom. The van der Waals surface area contributed by atoms with E-state index in [9.17, 15) is 8.42 Å². The van der Waals surface area contributed by atoms with Gasteiger partial charge in [-0.2, -0.15) is 4.31 Å². The van der Waals surface area contributed by atoms with E-state index in [0.29, 0.717) is 28.9 Å². The highest BCUT2D eigenvalue weighted by Gasteiger charge is 2.24. The maximum atomic E-state index is 13.0. The van der Waals surface area contributed by atoms with Crippen molar-refractivity contribution in [3.8, 4) is 0 Å². The molecule has 0 spiro atoms. The molecule has 3 rings (SSSR count). The number of benzene rings is 2. The van der Waals surface area contributed by atoms with Crippen LogP contribution in [0.5, 0.6) is 0 Å². The van der Waals surface area contributed by atoms with Gasteiger partial charge in [-0.25, -0.2) is 8.42 Å². The number of nitrogens with zero attached hydrogens (tertiary/aromatic N) is 2. The second-order valence-corrected chi connectivity index (χ2v) is 9.83. The van der Waals surface area contributed by atoms with Gasteiger partial charge in [0.05, 0.1) is 16.3 Å². The Bertz CT molecular complexity index is 987. The van der Waals surface area contributed by atoms with E-state index in [2.05, 4.69) is 15.5 Å². The predicted octanol–water partition coefficient (Wildman–Crippen LogP) is 4.78. The molecule has 2 aromatic rings. The zero-order chi connectivity index (χ0) is 21.7. The summed E-state index contributed by atoms with van der Waals surface area (Å²) in [5, 5.41) is 7.35. The monoisotopic (exact) mass is 466 g/mol. The number of halogens is 1. The molecule has 0 aliphatic carbocycles. The minimum atomic E-state index is -3.57. The van der Waals surface area contributed by atoms with E-state index < -0.39 is 10.0 Å². The van der Waals surface area contributed by atoms with E-state index in [-0.39, 0.29) is 4.90 Å². The van der Waals surface area contributed by atoms with Crippen LogP contribution in [-0.2, 0) is 10.0 Å². The molecule has 1 heterocycles. The minimum absolute atomic E-state index is 0.255. The summed E-state index contributed by atoms with van der Waals surface area (Å²) >= 11 is 11.4. The molecule has 1 aliphatic rings. The third kappa shape index (κ3) is 5.24. The number of nitrogens with one attached hydrogen (secondary N) is 2. The Labute approximate surface area is 189 Å². The molecule has 30 heavy (non-hydrogen) atoms. The van der Waals surface area contributed by atoms with Crippen LogP contribution in [0.25, 0.3) is 0 Å². The van der Waals surface area contributed by atoms with Gasteiger partial charge in [-0.05, 0) is 67.5 Å². The molecule has 0 amide bonds. The Hall–Kier alpha value is -1.87. The molecule has 0 saturated carbocycles. The smallest absolute Gasteiger partial charge is 0.243 e. The van der Waals surface area contributed by atoms with Crippen molar-refractivity contribution in [3.05, 3.63) is 47.5 Å². The molecule has 0 bridgehead atoms. The molecule has 2 aromatic carbocycles. The summed E-state index contributed by atoms with van der Waals surface area (Å²) in [4.78, 5) is 2.51. The molecular formula is C21H27ClN4O2S2. The fraction of sp³-hybridized carbons (Fsp3) is 0.381. The first-order chi connectivity index (χ1) is 14.3. The lowest BCUT2D eigenvalue weighted by molar-refractivity contribution is 0.445. The quantitative estimate of drug-likeness (QED) is 0.572. The summed E-state index contributed by atoms with van der Waals surface area (Å²) in [6, 6.07) is 12.4. The molecule has 9 heteroatoms. The molecule has 0 aromatic heterocycles. The third-order valence-electron chi connectivity index (χ3n) is 5.11. The molecule has 2 N–H and O–H groups in total. The third-order valence-corrected chi connectivity index (χ3v) is 7.61. The van der Waals surface area contributed by atoms with Crippen LogP contribution in [0.1, 0.15) is 26.7 Å². The van der Waals surface area contributed by atoms with Gasteiger partial charge in [-0.1, -0.05) is 25.4 Å². The van der Waals surface area contributed by atoms with Gasteiger partial charge in [0, 0.05) is 36.9 Å². The van der Waals surface area contributed by atoms with E-state index in [0.717, 1.165) is 37.3 Å². The van der Waals surface area contributed by atoms with Gasteiger partial charge in [-0.15, -0.1) is 0 Å².